The first kappa shape index (κ1) is 22.7. The summed E-state index contributed by atoms with van der Waals surface area (Å²) in [6.45, 7) is 0. The van der Waals surface area contributed by atoms with E-state index in [9.17, 15) is 9.59 Å². The summed E-state index contributed by atoms with van der Waals surface area (Å²) in [5.74, 6) is -0.133. The Balaban J connectivity index is 1.22. The molecule has 5 aromatic rings. The molecule has 2 aromatic heterocycles. The molecule has 2 amide bonds. The van der Waals surface area contributed by atoms with Crippen LogP contribution in [0.3, 0.4) is 0 Å². The number of rotatable bonds is 7. The molecule has 1 aliphatic carbocycles. The molecule has 3 N–H and O–H groups in total. The average molecular weight is 488 g/mol. The van der Waals surface area contributed by atoms with Crippen molar-refractivity contribution < 1.29 is 9.59 Å². The molecule has 0 radical (unpaired) electrons. The van der Waals surface area contributed by atoms with E-state index >= 15 is 0 Å². The van der Waals surface area contributed by atoms with Crippen molar-refractivity contribution in [3.8, 4) is 11.1 Å². The summed E-state index contributed by atoms with van der Waals surface area (Å²) in [5.41, 5.74) is 6.50. The minimum Gasteiger partial charge on any atom is -0.324 e. The van der Waals surface area contributed by atoms with Crippen LogP contribution in [0.5, 0.6) is 0 Å². The van der Waals surface area contributed by atoms with Gasteiger partial charge in [-0.1, -0.05) is 48.5 Å². The molecule has 0 saturated heterocycles. The molecule has 7 heteroatoms. The molecular weight excluding hydrogens is 462 g/mol. The Morgan fingerprint density at radius 3 is 2.49 bits per heavy atom. The lowest BCUT2D eigenvalue weighted by Gasteiger charge is -2.08. The van der Waals surface area contributed by atoms with Gasteiger partial charge in [-0.25, -0.2) is 0 Å². The number of anilines is 2. The minimum atomic E-state index is -0.288. The van der Waals surface area contributed by atoms with Crippen LogP contribution in [0.15, 0.2) is 91.3 Å². The van der Waals surface area contributed by atoms with Crippen LogP contribution in [-0.4, -0.2) is 27.0 Å². The lowest BCUT2D eigenvalue weighted by atomic mass is 10.0. The standard InChI is InChI=1S/C30H25N5O2/c36-29(21-9-10-21)33-25-15-23(17-31-18-25)22-11-12-27-26(16-22)28(35-34-27)30(37)32-24-8-4-7-20(14-24)13-19-5-2-1-3-6-19/h1-8,11-12,14-18,21H,9-10,13H2,(H,32,37)(H,33,36)(H,34,35). The van der Waals surface area contributed by atoms with Crippen LogP contribution in [-0.2, 0) is 11.2 Å². The number of pyridine rings is 1. The molecule has 1 fully saturated rings. The number of aromatic nitrogens is 3. The quantitative estimate of drug-likeness (QED) is 0.269. The number of carbonyl (C=O) groups excluding carboxylic acids is 2. The number of H-pyrrole nitrogens is 1. The Hall–Kier alpha value is -4.78. The fourth-order valence-electron chi connectivity index (χ4n) is 4.40. The SMILES string of the molecule is O=C(Nc1cccc(Cc2ccccc2)c1)c1n[nH]c2ccc(-c3cncc(NC(=O)C4CC4)c3)cc12. The predicted molar refractivity (Wildman–Crippen MR) is 144 cm³/mol. The number of amides is 2. The van der Waals surface area contributed by atoms with E-state index in [4.69, 9.17) is 0 Å². The molecule has 0 unspecified atom stereocenters. The van der Waals surface area contributed by atoms with Gasteiger partial charge in [-0.2, -0.15) is 5.10 Å². The Morgan fingerprint density at radius 2 is 1.65 bits per heavy atom. The van der Waals surface area contributed by atoms with E-state index in [0.29, 0.717) is 22.5 Å². The van der Waals surface area contributed by atoms with E-state index in [1.807, 2.05) is 66.7 Å². The lowest BCUT2D eigenvalue weighted by Crippen LogP contribution is -2.13. The van der Waals surface area contributed by atoms with Gasteiger partial charge in [-0.05, 0) is 66.3 Å². The summed E-state index contributed by atoms with van der Waals surface area (Å²) in [6, 6.07) is 25.7. The van der Waals surface area contributed by atoms with Gasteiger partial charge in [0.25, 0.3) is 5.91 Å². The van der Waals surface area contributed by atoms with Crippen LogP contribution >= 0.6 is 0 Å². The number of aromatic amines is 1. The lowest BCUT2D eigenvalue weighted by molar-refractivity contribution is -0.117. The van der Waals surface area contributed by atoms with Crippen LogP contribution in [0.4, 0.5) is 11.4 Å². The number of hydrogen-bond acceptors (Lipinski definition) is 4. The van der Waals surface area contributed by atoms with E-state index in [0.717, 1.165) is 41.5 Å². The second-order valence-corrected chi connectivity index (χ2v) is 9.38. The maximum atomic E-state index is 13.2. The highest BCUT2D eigenvalue weighted by molar-refractivity contribution is 6.11. The Bertz CT molecular complexity index is 1610. The number of carbonyl (C=O) groups is 2. The van der Waals surface area contributed by atoms with Crippen LogP contribution in [0.25, 0.3) is 22.0 Å². The van der Waals surface area contributed by atoms with Gasteiger partial charge in [0.1, 0.15) is 0 Å². The zero-order valence-corrected chi connectivity index (χ0v) is 20.1. The van der Waals surface area contributed by atoms with Gasteiger partial charge in [-0.15, -0.1) is 0 Å². The highest BCUT2D eigenvalue weighted by Gasteiger charge is 2.29. The van der Waals surface area contributed by atoms with Gasteiger partial charge < -0.3 is 10.6 Å². The van der Waals surface area contributed by atoms with Crippen molar-refractivity contribution in [1.29, 1.82) is 0 Å². The topological polar surface area (TPSA) is 99.8 Å². The van der Waals surface area contributed by atoms with E-state index in [-0.39, 0.29) is 17.7 Å². The molecule has 2 heterocycles. The summed E-state index contributed by atoms with van der Waals surface area (Å²) in [7, 11) is 0. The molecule has 0 aliphatic heterocycles. The smallest absolute Gasteiger partial charge is 0.276 e. The second-order valence-electron chi connectivity index (χ2n) is 9.38. The zero-order valence-electron chi connectivity index (χ0n) is 20.1. The van der Waals surface area contributed by atoms with Gasteiger partial charge in [0.15, 0.2) is 5.69 Å². The number of nitrogens with one attached hydrogen (secondary N) is 3. The van der Waals surface area contributed by atoms with Crippen LogP contribution in [0.1, 0.15) is 34.5 Å². The van der Waals surface area contributed by atoms with Gasteiger partial charge in [0.05, 0.1) is 17.4 Å². The molecule has 6 rings (SSSR count). The summed E-state index contributed by atoms with van der Waals surface area (Å²) in [5, 5.41) is 13.9. The minimum absolute atomic E-state index is 0.0380. The van der Waals surface area contributed by atoms with Gasteiger partial charge >= 0.3 is 0 Å². The highest BCUT2D eigenvalue weighted by atomic mass is 16.2. The summed E-state index contributed by atoms with van der Waals surface area (Å²) < 4.78 is 0. The molecule has 0 spiro atoms. The first-order valence-corrected chi connectivity index (χ1v) is 12.3. The van der Waals surface area contributed by atoms with Gasteiger partial charge in [0.2, 0.25) is 5.91 Å². The van der Waals surface area contributed by atoms with Crippen LogP contribution < -0.4 is 10.6 Å². The number of benzene rings is 3. The van der Waals surface area contributed by atoms with E-state index in [2.05, 4.69) is 37.9 Å². The number of nitrogens with zero attached hydrogens (tertiary/aromatic N) is 2. The second kappa shape index (κ2) is 9.70. The highest BCUT2D eigenvalue weighted by Crippen LogP contribution is 2.31. The van der Waals surface area contributed by atoms with Crippen molar-refractivity contribution >= 4 is 34.1 Å². The van der Waals surface area contributed by atoms with E-state index < -0.39 is 0 Å². The third-order valence-electron chi connectivity index (χ3n) is 6.50. The molecule has 1 saturated carbocycles. The molecule has 182 valence electrons. The molecule has 0 bridgehead atoms. The maximum Gasteiger partial charge on any atom is 0.276 e. The van der Waals surface area contributed by atoms with Crippen molar-refractivity contribution in [2.45, 2.75) is 19.3 Å². The van der Waals surface area contributed by atoms with Crippen molar-refractivity contribution in [3.63, 3.8) is 0 Å². The molecule has 1 aliphatic rings. The Labute approximate surface area is 214 Å². The molecule has 37 heavy (non-hydrogen) atoms. The maximum absolute atomic E-state index is 13.2. The largest absolute Gasteiger partial charge is 0.324 e. The van der Waals surface area contributed by atoms with Crippen molar-refractivity contribution in [2.24, 2.45) is 5.92 Å². The molecule has 0 atom stereocenters. The summed E-state index contributed by atoms with van der Waals surface area (Å²) in [6.07, 6.45) is 6.06. The summed E-state index contributed by atoms with van der Waals surface area (Å²) >= 11 is 0. The van der Waals surface area contributed by atoms with E-state index in [1.165, 1.54) is 5.56 Å². The molecule has 3 aromatic carbocycles. The van der Waals surface area contributed by atoms with Crippen LogP contribution in [0, 0.1) is 5.92 Å². The first-order valence-electron chi connectivity index (χ1n) is 12.3. The van der Waals surface area contributed by atoms with Crippen molar-refractivity contribution in [1.82, 2.24) is 15.2 Å². The van der Waals surface area contributed by atoms with Crippen molar-refractivity contribution in [3.05, 3.63) is 108 Å². The van der Waals surface area contributed by atoms with Gasteiger partial charge in [-0.3, -0.25) is 19.7 Å². The third kappa shape index (κ3) is 5.11. The van der Waals surface area contributed by atoms with E-state index in [1.54, 1.807) is 12.4 Å². The molecular formula is C30H25N5O2. The fourth-order valence-corrected chi connectivity index (χ4v) is 4.40. The predicted octanol–water partition coefficient (Wildman–Crippen LogP) is 5.82. The molecule has 7 nitrogen and oxygen atoms in total. The summed E-state index contributed by atoms with van der Waals surface area (Å²) in [4.78, 5) is 29.6. The Morgan fingerprint density at radius 1 is 0.811 bits per heavy atom. The fraction of sp³-hybridized carbons (Fsp3) is 0.133. The zero-order chi connectivity index (χ0) is 25.2. The van der Waals surface area contributed by atoms with Gasteiger partial charge in [0, 0.05) is 28.8 Å². The number of hydrogen-bond donors (Lipinski definition) is 3. The average Bonchev–Trinajstić information content (AvgIpc) is 3.69. The van der Waals surface area contributed by atoms with Crippen molar-refractivity contribution in [2.75, 3.05) is 10.6 Å². The normalized spacial score (nSPS) is 12.9. The first-order chi connectivity index (χ1) is 18.1. The number of fused-ring (bicyclic) bond motifs is 1. The van der Waals surface area contributed by atoms with Crippen LogP contribution in [0.2, 0.25) is 0 Å². The Kier molecular flexibility index (Phi) is 5.94. The monoisotopic (exact) mass is 487 g/mol. The third-order valence-corrected chi connectivity index (χ3v) is 6.50.